The number of rotatable bonds is 6. The second kappa shape index (κ2) is 8.58. The minimum Gasteiger partial charge on any atom is -0.377 e. The summed E-state index contributed by atoms with van der Waals surface area (Å²) in [5.41, 5.74) is 0.722. The highest BCUT2D eigenvalue weighted by molar-refractivity contribution is 7.89. The third-order valence-corrected chi connectivity index (χ3v) is 6.12. The molecule has 9 heteroatoms. The molecule has 0 bridgehead atoms. The summed E-state index contributed by atoms with van der Waals surface area (Å²) < 4.78 is 32.6. The van der Waals surface area contributed by atoms with Gasteiger partial charge in [-0.05, 0) is 55.3 Å². The van der Waals surface area contributed by atoms with Crippen molar-refractivity contribution in [3.63, 3.8) is 0 Å². The number of halogens is 2. The first-order valence-corrected chi connectivity index (χ1v) is 10.6. The van der Waals surface area contributed by atoms with E-state index in [1.807, 2.05) is 0 Å². The first-order valence-electron chi connectivity index (χ1n) is 8.33. The molecule has 0 radical (unpaired) electrons. The second-order valence-electron chi connectivity index (χ2n) is 6.09. The maximum atomic E-state index is 12.3. The van der Waals surface area contributed by atoms with Gasteiger partial charge < -0.3 is 10.1 Å². The summed E-state index contributed by atoms with van der Waals surface area (Å²) in [6, 6.07) is 10.4. The summed E-state index contributed by atoms with van der Waals surface area (Å²) in [5, 5.41) is 3.44. The Hall–Kier alpha value is -1.64. The van der Waals surface area contributed by atoms with Crippen molar-refractivity contribution in [3.05, 3.63) is 58.1 Å². The van der Waals surface area contributed by atoms with Crippen molar-refractivity contribution in [2.75, 3.05) is 18.5 Å². The number of amides is 1. The van der Waals surface area contributed by atoms with Crippen LogP contribution in [0.2, 0.25) is 10.0 Å². The summed E-state index contributed by atoms with van der Waals surface area (Å²) >= 11 is 11.9. The summed E-state index contributed by atoms with van der Waals surface area (Å²) in [6.45, 7) is 0.896. The quantitative estimate of drug-likeness (QED) is 0.734. The molecule has 0 saturated carbocycles. The van der Waals surface area contributed by atoms with Crippen LogP contribution in [0.4, 0.5) is 5.69 Å². The zero-order valence-corrected chi connectivity index (χ0v) is 16.6. The van der Waals surface area contributed by atoms with Gasteiger partial charge in [0.25, 0.3) is 5.91 Å². The van der Waals surface area contributed by atoms with Crippen LogP contribution in [-0.2, 0) is 14.8 Å². The van der Waals surface area contributed by atoms with Crippen molar-refractivity contribution in [2.24, 2.45) is 0 Å². The summed E-state index contributed by atoms with van der Waals surface area (Å²) in [5.74, 6) is -0.407. The molecule has 27 heavy (non-hydrogen) atoms. The maximum absolute atomic E-state index is 12.3. The van der Waals surface area contributed by atoms with Gasteiger partial charge in [-0.15, -0.1) is 0 Å². The predicted octanol–water partition coefficient (Wildman–Crippen LogP) is 3.70. The molecule has 2 aromatic rings. The smallest absolute Gasteiger partial charge is 0.255 e. The predicted molar refractivity (Wildman–Crippen MR) is 105 cm³/mol. The van der Waals surface area contributed by atoms with Crippen LogP contribution in [0.15, 0.2) is 47.4 Å². The van der Waals surface area contributed by atoms with Crippen molar-refractivity contribution in [3.8, 4) is 0 Å². The monoisotopic (exact) mass is 428 g/mol. The van der Waals surface area contributed by atoms with Gasteiger partial charge in [0.1, 0.15) is 0 Å². The van der Waals surface area contributed by atoms with Crippen LogP contribution in [0.1, 0.15) is 23.2 Å². The molecule has 1 aliphatic rings. The third-order valence-electron chi connectivity index (χ3n) is 4.13. The van der Waals surface area contributed by atoms with Gasteiger partial charge in [-0.2, -0.15) is 0 Å². The highest BCUT2D eigenvalue weighted by Crippen LogP contribution is 2.26. The molecule has 0 spiro atoms. The SMILES string of the molecule is O=C(Nc1ccc(Cl)cc1Cl)c1ccc(S(=O)(=O)NC[C@@H]2CCCO2)cc1. The van der Waals surface area contributed by atoms with E-state index >= 15 is 0 Å². The molecule has 6 nitrogen and oxygen atoms in total. The Morgan fingerprint density at radius 2 is 1.89 bits per heavy atom. The second-order valence-corrected chi connectivity index (χ2v) is 8.70. The molecule has 1 amide bonds. The summed E-state index contributed by atoms with van der Waals surface area (Å²) in [7, 11) is -3.66. The van der Waals surface area contributed by atoms with Crippen LogP contribution < -0.4 is 10.0 Å². The molecule has 1 aliphatic heterocycles. The molecule has 1 heterocycles. The Balaban J connectivity index is 1.65. The number of ether oxygens (including phenoxy) is 1. The largest absolute Gasteiger partial charge is 0.377 e. The van der Waals surface area contributed by atoms with Crippen molar-refractivity contribution in [1.82, 2.24) is 4.72 Å². The van der Waals surface area contributed by atoms with E-state index in [0.29, 0.717) is 27.9 Å². The average Bonchev–Trinajstić information content (AvgIpc) is 3.16. The summed E-state index contributed by atoms with van der Waals surface area (Å²) in [4.78, 5) is 12.4. The normalized spacial score (nSPS) is 17.0. The molecule has 1 fully saturated rings. The zero-order valence-electron chi connectivity index (χ0n) is 14.2. The molecule has 2 N–H and O–H groups in total. The van der Waals surface area contributed by atoms with Crippen LogP contribution in [-0.4, -0.2) is 33.6 Å². The van der Waals surface area contributed by atoms with Crippen LogP contribution in [0, 0.1) is 0 Å². The van der Waals surface area contributed by atoms with Crippen molar-refractivity contribution in [2.45, 2.75) is 23.8 Å². The molecule has 0 aliphatic carbocycles. The fourth-order valence-electron chi connectivity index (χ4n) is 2.66. The van der Waals surface area contributed by atoms with Gasteiger partial charge in [0.15, 0.2) is 0 Å². The Labute approximate surface area is 167 Å². The van der Waals surface area contributed by atoms with E-state index in [-0.39, 0.29) is 17.5 Å². The van der Waals surface area contributed by atoms with E-state index in [1.54, 1.807) is 12.1 Å². The van der Waals surface area contributed by atoms with Gasteiger partial charge in [0.05, 0.1) is 21.7 Å². The minimum absolute atomic E-state index is 0.0848. The molecule has 3 rings (SSSR count). The summed E-state index contributed by atoms with van der Waals surface area (Å²) in [6.07, 6.45) is 1.69. The molecule has 1 atom stereocenters. The Morgan fingerprint density at radius 3 is 2.52 bits per heavy atom. The van der Waals surface area contributed by atoms with Crippen LogP contribution in [0.25, 0.3) is 0 Å². The number of sulfonamides is 1. The molecule has 1 saturated heterocycles. The fourth-order valence-corrected chi connectivity index (χ4v) is 4.18. The van der Waals surface area contributed by atoms with Gasteiger partial charge >= 0.3 is 0 Å². The molecule has 2 aromatic carbocycles. The first-order chi connectivity index (χ1) is 12.8. The van der Waals surface area contributed by atoms with Crippen LogP contribution in [0.3, 0.4) is 0 Å². The van der Waals surface area contributed by atoms with Crippen LogP contribution >= 0.6 is 23.2 Å². The number of carbonyl (C=O) groups excluding carboxylic acids is 1. The van der Waals surface area contributed by atoms with E-state index in [0.717, 1.165) is 12.8 Å². The lowest BCUT2D eigenvalue weighted by Crippen LogP contribution is -2.31. The van der Waals surface area contributed by atoms with Gasteiger partial charge in [-0.25, -0.2) is 13.1 Å². The Kier molecular flexibility index (Phi) is 6.39. The van der Waals surface area contributed by atoms with Crippen molar-refractivity contribution < 1.29 is 17.9 Å². The number of nitrogens with one attached hydrogen (secondary N) is 2. The number of benzene rings is 2. The first kappa shape index (κ1) is 20.1. The number of hydrogen-bond donors (Lipinski definition) is 2. The lowest BCUT2D eigenvalue weighted by Gasteiger charge is -2.12. The van der Waals surface area contributed by atoms with E-state index in [9.17, 15) is 13.2 Å². The third kappa shape index (κ3) is 5.21. The van der Waals surface area contributed by atoms with E-state index in [1.165, 1.54) is 30.3 Å². The topological polar surface area (TPSA) is 84.5 Å². The van der Waals surface area contributed by atoms with Gasteiger partial charge in [-0.3, -0.25) is 4.79 Å². The lowest BCUT2D eigenvalue weighted by molar-refractivity contribution is 0.102. The fraction of sp³-hybridized carbons (Fsp3) is 0.278. The highest BCUT2D eigenvalue weighted by Gasteiger charge is 2.20. The van der Waals surface area contributed by atoms with Gasteiger partial charge in [-0.1, -0.05) is 23.2 Å². The van der Waals surface area contributed by atoms with Crippen molar-refractivity contribution in [1.29, 1.82) is 0 Å². The van der Waals surface area contributed by atoms with Gasteiger partial charge in [0, 0.05) is 23.7 Å². The molecular formula is C18H18Cl2N2O4S. The Bertz CT molecular complexity index is 927. The standard InChI is InChI=1S/C18H18Cl2N2O4S/c19-13-5-8-17(16(20)10-13)22-18(23)12-3-6-15(7-4-12)27(24,25)21-11-14-2-1-9-26-14/h3-8,10,14,21H,1-2,9,11H2,(H,22,23)/t14-/m0/s1. The molecule has 144 valence electrons. The van der Waals surface area contributed by atoms with Gasteiger partial charge in [0.2, 0.25) is 10.0 Å². The van der Waals surface area contributed by atoms with Crippen LogP contribution in [0.5, 0.6) is 0 Å². The Morgan fingerprint density at radius 1 is 1.15 bits per heavy atom. The molecule has 0 aromatic heterocycles. The van der Waals surface area contributed by atoms with E-state index < -0.39 is 15.9 Å². The van der Waals surface area contributed by atoms with E-state index in [4.69, 9.17) is 27.9 Å². The van der Waals surface area contributed by atoms with E-state index in [2.05, 4.69) is 10.0 Å². The zero-order chi connectivity index (χ0) is 19.4. The molecule has 0 unspecified atom stereocenters. The van der Waals surface area contributed by atoms with Crippen molar-refractivity contribution >= 4 is 44.8 Å². The molecular weight excluding hydrogens is 411 g/mol. The number of hydrogen-bond acceptors (Lipinski definition) is 4. The maximum Gasteiger partial charge on any atom is 0.255 e. The highest BCUT2D eigenvalue weighted by atomic mass is 35.5. The number of anilines is 1. The number of carbonyl (C=O) groups is 1. The minimum atomic E-state index is -3.66. The average molecular weight is 429 g/mol. The lowest BCUT2D eigenvalue weighted by atomic mass is 10.2.